The number of methoxy groups -OCH3 is 1. The number of hydrogen-bond donors (Lipinski definition) is 1. The zero-order chi connectivity index (χ0) is 16.2. The molecule has 0 unspecified atom stereocenters. The Labute approximate surface area is 131 Å². The Kier molecular flexibility index (Phi) is 3.97. The number of rotatable bonds is 3. The molecule has 0 amide bonds. The first-order chi connectivity index (χ1) is 11.2. The third-order valence-electron chi connectivity index (χ3n) is 3.28. The van der Waals surface area contributed by atoms with Crippen molar-refractivity contribution < 1.29 is 9.53 Å². The summed E-state index contributed by atoms with van der Waals surface area (Å²) in [4.78, 5) is 34.6. The normalized spacial score (nSPS) is 11.0. The first-order valence-electron chi connectivity index (χ1n) is 6.88. The molecule has 0 bridgehead atoms. The Bertz CT molecular complexity index is 946. The van der Waals surface area contributed by atoms with Crippen molar-refractivity contribution in [3.63, 3.8) is 0 Å². The van der Waals surface area contributed by atoms with Gasteiger partial charge in [-0.1, -0.05) is 6.07 Å². The van der Waals surface area contributed by atoms with Crippen molar-refractivity contribution >= 4 is 22.9 Å². The van der Waals surface area contributed by atoms with Gasteiger partial charge in [0.15, 0.2) is 0 Å². The predicted octanol–water partition coefficient (Wildman–Crippen LogP) is 2.17. The number of esters is 1. The second-order valence-corrected chi connectivity index (χ2v) is 4.79. The molecule has 3 aromatic rings. The van der Waals surface area contributed by atoms with E-state index in [1.165, 1.54) is 13.2 Å². The summed E-state index contributed by atoms with van der Waals surface area (Å²) >= 11 is 0. The molecular formula is C17H13N3O3. The lowest BCUT2D eigenvalue weighted by Crippen LogP contribution is -2.09. The number of carbonyl (C=O) groups is 1. The van der Waals surface area contributed by atoms with Gasteiger partial charge in [0, 0.05) is 24.0 Å². The fraction of sp³-hybridized carbons (Fsp3) is 0.0588. The topological polar surface area (TPSA) is 84.9 Å². The lowest BCUT2D eigenvalue weighted by molar-refractivity contribution is -0.134. The Morgan fingerprint density at radius 3 is 2.91 bits per heavy atom. The van der Waals surface area contributed by atoms with Gasteiger partial charge >= 0.3 is 5.97 Å². The number of nitrogens with one attached hydrogen (secondary N) is 1. The predicted molar refractivity (Wildman–Crippen MR) is 86.6 cm³/mol. The van der Waals surface area contributed by atoms with Crippen molar-refractivity contribution in [2.24, 2.45) is 0 Å². The molecule has 0 fully saturated rings. The minimum atomic E-state index is -0.455. The highest BCUT2D eigenvalue weighted by Gasteiger charge is 2.06. The van der Waals surface area contributed by atoms with Gasteiger partial charge < -0.3 is 9.72 Å². The molecule has 114 valence electrons. The van der Waals surface area contributed by atoms with Gasteiger partial charge in [-0.3, -0.25) is 9.78 Å². The Morgan fingerprint density at radius 1 is 1.30 bits per heavy atom. The minimum absolute atomic E-state index is 0.248. The summed E-state index contributed by atoms with van der Waals surface area (Å²) in [5.41, 5.74) is 1.77. The summed E-state index contributed by atoms with van der Waals surface area (Å²) < 4.78 is 4.54. The molecule has 0 saturated heterocycles. The lowest BCUT2D eigenvalue weighted by atomic mass is 10.1. The number of aromatic nitrogens is 3. The average Bonchev–Trinajstić information content (AvgIpc) is 2.60. The van der Waals surface area contributed by atoms with Crippen LogP contribution in [0, 0.1) is 0 Å². The van der Waals surface area contributed by atoms with Crippen LogP contribution in [0.1, 0.15) is 5.56 Å². The number of aromatic amines is 1. The number of hydrogen-bond acceptors (Lipinski definition) is 5. The van der Waals surface area contributed by atoms with Gasteiger partial charge in [-0.25, -0.2) is 9.78 Å². The number of nitrogens with zero attached hydrogens (tertiary/aromatic N) is 2. The number of ether oxygens (including phenoxy) is 1. The van der Waals surface area contributed by atoms with Crippen molar-refractivity contribution in [3.05, 3.63) is 64.7 Å². The van der Waals surface area contributed by atoms with E-state index in [1.807, 2.05) is 6.07 Å². The molecule has 2 aromatic heterocycles. The molecule has 1 N–H and O–H groups in total. The monoisotopic (exact) mass is 307 g/mol. The molecule has 0 radical (unpaired) electrons. The molecule has 0 aliphatic heterocycles. The van der Waals surface area contributed by atoms with Crippen LogP contribution in [0.4, 0.5) is 0 Å². The molecule has 0 atom stereocenters. The molecule has 23 heavy (non-hydrogen) atoms. The van der Waals surface area contributed by atoms with E-state index >= 15 is 0 Å². The standard InChI is InChI=1S/C17H13N3O3/c1-23-15(21)7-5-11-4-6-14-13(9-11)17(22)20-16(19-14)12-3-2-8-18-10-12/h2-10H,1H3,(H,19,20,22). The van der Waals surface area contributed by atoms with Crippen LogP contribution in [0.5, 0.6) is 0 Å². The molecule has 6 nitrogen and oxygen atoms in total. The molecular weight excluding hydrogens is 294 g/mol. The largest absolute Gasteiger partial charge is 0.466 e. The van der Waals surface area contributed by atoms with Gasteiger partial charge in [0.2, 0.25) is 0 Å². The van der Waals surface area contributed by atoms with Gasteiger partial charge in [0.1, 0.15) is 5.82 Å². The van der Waals surface area contributed by atoms with Gasteiger partial charge in [0.05, 0.1) is 18.0 Å². The van der Waals surface area contributed by atoms with Crippen molar-refractivity contribution in [3.8, 4) is 11.4 Å². The van der Waals surface area contributed by atoms with Crippen LogP contribution in [0.25, 0.3) is 28.4 Å². The molecule has 0 saturated carbocycles. The lowest BCUT2D eigenvalue weighted by Gasteiger charge is -2.03. The molecule has 2 heterocycles. The maximum Gasteiger partial charge on any atom is 0.330 e. The van der Waals surface area contributed by atoms with Crippen LogP contribution in [0.2, 0.25) is 0 Å². The fourth-order valence-corrected chi connectivity index (χ4v) is 2.13. The van der Waals surface area contributed by atoms with Crippen molar-refractivity contribution in [2.75, 3.05) is 7.11 Å². The van der Waals surface area contributed by atoms with Crippen LogP contribution in [-0.4, -0.2) is 28.0 Å². The van der Waals surface area contributed by atoms with Crippen LogP contribution >= 0.6 is 0 Å². The van der Waals surface area contributed by atoms with E-state index in [0.717, 1.165) is 5.56 Å². The minimum Gasteiger partial charge on any atom is -0.466 e. The summed E-state index contributed by atoms with van der Waals surface area (Å²) in [6.45, 7) is 0. The number of benzene rings is 1. The third kappa shape index (κ3) is 3.16. The summed E-state index contributed by atoms with van der Waals surface area (Å²) in [5.74, 6) is 0.0116. The summed E-state index contributed by atoms with van der Waals surface area (Å²) in [7, 11) is 1.31. The number of H-pyrrole nitrogens is 1. The highest BCUT2D eigenvalue weighted by molar-refractivity contribution is 5.88. The molecule has 0 spiro atoms. The average molecular weight is 307 g/mol. The number of fused-ring (bicyclic) bond motifs is 1. The van der Waals surface area contributed by atoms with Crippen LogP contribution in [0.3, 0.4) is 0 Å². The zero-order valence-electron chi connectivity index (χ0n) is 12.3. The third-order valence-corrected chi connectivity index (χ3v) is 3.28. The first kappa shape index (κ1) is 14.6. The first-order valence-corrected chi connectivity index (χ1v) is 6.88. The Balaban J connectivity index is 2.05. The Hall–Kier alpha value is -3.28. The number of pyridine rings is 1. The summed E-state index contributed by atoms with van der Waals surface area (Å²) in [6, 6.07) is 8.79. The van der Waals surface area contributed by atoms with Crippen LogP contribution in [-0.2, 0) is 9.53 Å². The molecule has 1 aromatic carbocycles. The van der Waals surface area contributed by atoms with E-state index in [0.29, 0.717) is 22.3 Å². The smallest absolute Gasteiger partial charge is 0.330 e. The summed E-state index contributed by atoms with van der Waals surface area (Å²) in [5, 5.41) is 0.449. The van der Waals surface area contributed by atoms with Crippen LogP contribution in [0.15, 0.2) is 53.6 Å². The van der Waals surface area contributed by atoms with Crippen molar-refractivity contribution in [1.29, 1.82) is 0 Å². The van der Waals surface area contributed by atoms with E-state index in [1.54, 1.807) is 42.7 Å². The van der Waals surface area contributed by atoms with Crippen molar-refractivity contribution in [2.45, 2.75) is 0 Å². The Morgan fingerprint density at radius 2 is 2.17 bits per heavy atom. The highest BCUT2D eigenvalue weighted by Crippen LogP contribution is 2.16. The quantitative estimate of drug-likeness (QED) is 0.592. The van der Waals surface area contributed by atoms with E-state index in [9.17, 15) is 9.59 Å². The maximum atomic E-state index is 12.3. The SMILES string of the molecule is COC(=O)C=Cc1ccc2nc(-c3cccnc3)[nH]c(=O)c2c1. The van der Waals surface area contributed by atoms with E-state index < -0.39 is 5.97 Å². The van der Waals surface area contributed by atoms with Gasteiger partial charge in [-0.2, -0.15) is 0 Å². The van der Waals surface area contributed by atoms with E-state index in [-0.39, 0.29) is 5.56 Å². The highest BCUT2D eigenvalue weighted by atomic mass is 16.5. The number of carbonyl (C=O) groups excluding carboxylic acids is 1. The molecule has 3 rings (SSSR count). The molecule has 6 heteroatoms. The van der Waals surface area contributed by atoms with Gasteiger partial charge in [-0.05, 0) is 35.9 Å². The second kappa shape index (κ2) is 6.23. The zero-order valence-corrected chi connectivity index (χ0v) is 12.3. The van der Waals surface area contributed by atoms with Crippen molar-refractivity contribution in [1.82, 2.24) is 15.0 Å². The van der Waals surface area contributed by atoms with Crippen LogP contribution < -0.4 is 5.56 Å². The molecule has 0 aliphatic rings. The van der Waals surface area contributed by atoms with Gasteiger partial charge in [0.25, 0.3) is 5.56 Å². The van der Waals surface area contributed by atoms with E-state index in [2.05, 4.69) is 19.7 Å². The maximum absolute atomic E-state index is 12.3. The molecule has 0 aliphatic carbocycles. The second-order valence-electron chi connectivity index (χ2n) is 4.79. The van der Waals surface area contributed by atoms with E-state index in [4.69, 9.17) is 0 Å². The fourth-order valence-electron chi connectivity index (χ4n) is 2.13. The summed E-state index contributed by atoms with van der Waals surface area (Å²) in [6.07, 6.45) is 6.17. The van der Waals surface area contributed by atoms with Gasteiger partial charge in [-0.15, -0.1) is 0 Å².